The van der Waals surface area contributed by atoms with Crippen molar-refractivity contribution >= 4 is 23.2 Å². The first-order valence-corrected chi connectivity index (χ1v) is 10.6. The van der Waals surface area contributed by atoms with Gasteiger partial charge < -0.3 is 24.0 Å². The van der Waals surface area contributed by atoms with Gasteiger partial charge in [-0.1, -0.05) is 0 Å². The maximum absolute atomic E-state index is 13.4. The number of rotatable bonds is 8. The predicted octanol–water partition coefficient (Wildman–Crippen LogP) is 5.17. The number of benzene rings is 2. The van der Waals surface area contributed by atoms with Crippen LogP contribution in [0.25, 0.3) is 0 Å². The Kier molecular flexibility index (Phi) is 6.77. The van der Waals surface area contributed by atoms with Crippen LogP contribution >= 0.6 is 0 Å². The fourth-order valence-electron chi connectivity index (χ4n) is 3.60. The van der Waals surface area contributed by atoms with E-state index in [9.17, 15) is 14.0 Å². The molecule has 0 radical (unpaired) electrons. The lowest BCUT2D eigenvalue weighted by Gasteiger charge is -2.26. The van der Waals surface area contributed by atoms with Crippen LogP contribution in [0.4, 0.5) is 15.8 Å². The standard InChI is InChI=1S/C26H24FN3O4/c1-29(2)23-12-11-21(28-25(31)24-6-4-14-34-24)15-19(23)16-30(17-22-5-3-13-33-22)26(32)18-7-9-20(27)10-8-18/h3-15H,16-17H2,1-2H3,(H,28,31). The molecule has 2 heterocycles. The smallest absolute Gasteiger partial charge is 0.291 e. The zero-order valence-electron chi connectivity index (χ0n) is 18.8. The molecule has 7 nitrogen and oxygen atoms in total. The molecule has 34 heavy (non-hydrogen) atoms. The van der Waals surface area contributed by atoms with Crippen LogP contribution in [0, 0.1) is 5.82 Å². The van der Waals surface area contributed by atoms with Gasteiger partial charge in [0, 0.05) is 37.6 Å². The van der Waals surface area contributed by atoms with E-state index in [-0.39, 0.29) is 30.7 Å². The molecule has 0 aliphatic carbocycles. The van der Waals surface area contributed by atoms with E-state index >= 15 is 0 Å². The number of carbonyl (C=O) groups is 2. The summed E-state index contributed by atoms with van der Waals surface area (Å²) in [5, 5.41) is 2.82. The van der Waals surface area contributed by atoms with Gasteiger partial charge in [-0.25, -0.2) is 4.39 Å². The van der Waals surface area contributed by atoms with Crippen molar-refractivity contribution in [2.75, 3.05) is 24.3 Å². The Balaban J connectivity index is 1.64. The number of hydrogen-bond donors (Lipinski definition) is 1. The Morgan fingerprint density at radius 3 is 2.29 bits per heavy atom. The average molecular weight is 461 g/mol. The van der Waals surface area contributed by atoms with Gasteiger partial charge in [-0.15, -0.1) is 0 Å². The molecule has 0 bridgehead atoms. The topological polar surface area (TPSA) is 78.9 Å². The third-order valence-electron chi connectivity index (χ3n) is 5.23. The maximum Gasteiger partial charge on any atom is 0.291 e. The quantitative estimate of drug-likeness (QED) is 0.392. The largest absolute Gasteiger partial charge is 0.467 e. The van der Waals surface area contributed by atoms with E-state index in [0.29, 0.717) is 17.0 Å². The molecule has 0 spiro atoms. The Morgan fingerprint density at radius 1 is 0.912 bits per heavy atom. The Morgan fingerprint density at radius 2 is 1.65 bits per heavy atom. The van der Waals surface area contributed by atoms with Crippen molar-refractivity contribution in [2.24, 2.45) is 0 Å². The molecule has 2 aromatic heterocycles. The summed E-state index contributed by atoms with van der Waals surface area (Å²) >= 11 is 0. The first-order valence-electron chi connectivity index (χ1n) is 10.6. The third-order valence-corrected chi connectivity index (χ3v) is 5.23. The minimum Gasteiger partial charge on any atom is -0.467 e. The van der Waals surface area contributed by atoms with Crippen molar-refractivity contribution in [1.82, 2.24) is 4.90 Å². The molecule has 0 saturated carbocycles. The number of anilines is 2. The van der Waals surface area contributed by atoms with E-state index < -0.39 is 5.82 Å². The fraction of sp³-hybridized carbons (Fsp3) is 0.154. The van der Waals surface area contributed by atoms with E-state index in [1.165, 1.54) is 30.5 Å². The number of hydrogen-bond acceptors (Lipinski definition) is 5. The zero-order valence-corrected chi connectivity index (χ0v) is 18.8. The van der Waals surface area contributed by atoms with Crippen LogP contribution in [0.15, 0.2) is 88.1 Å². The average Bonchev–Trinajstić information content (AvgIpc) is 3.53. The molecule has 0 saturated heterocycles. The van der Waals surface area contributed by atoms with E-state index in [1.54, 1.807) is 41.5 Å². The second kappa shape index (κ2) is 10.1. The van der Waals surface area contributed by atoms with Crippen molar-refractivity contribution in [2.45, 2.75) is 13.1 Å². The SMILES string of the molecule is CN(C)c1ccc(NC(=O)c2ccco2)cc1CN(Cc1ccco1)C(=O)c1ccc(F)cc1. The third kappa shape index (κ3) is 5.35. The van der Waals surface area contributed by atoms with Crippen LogP contribution in [0.2, 0.25) is 0 Å². The summed E-state index contributed by atoms with van der Waals surface area (Å²) in [6, 6.07) is 17.7. The van der Waals surface area contributed by atoms with Gasteiger partial charge in [-0.3, -0.25) is 9.59 Å². The lowest BCUT2D eigenvalue weighted by atomic mass is 10.1. The van der Waals surface area contributed by atoms with Crippen molar-refractivity contribution in [3.63, 3.8) is 0 Å². The Hall–Kier alpha value is -4.33. The molecule has 8 heteroatoms. The number of nitrogens with one attached hydrogen (secondary N) is 1. The lowest BCUT2D eigenvalue weighted by Crippen LogP contribution is -2.30. The fourth-order valence-corrected chi connectivity index (χ4v) is 3.60. The molecular weight excluding hydrogens is 437 g/mol. The molecule has 2 aromatic carbocycles. The van der Waals surface area contributed by atoms with Crippen LogP contribution in [0.5, 0.6) is 0 Å². The maximum atomic E-state index is 13.4. The van der Waals surface area contributed by atoms with Gasteiger partial charge in [0.05, 0.1) is 19.1 Å². The first kappa shape index (κ1) is 22.8. The van der Waals surface area contributed by atoms with Gasteiger partial charge in [0.15, 0.2) is 5.76 Å². The minimum atomic E-state index is -0.413. The highest BCUT2D eigenvalue weighted by Crippen LogP contribution is 2.26. The van der Waals surface area contributed by atoms with Gasteiger partial charge in [0.1, 0.15) is 11.6 Å². The highest BCUT2D eigenvalue weighted by atomic mass is 19.1. The summed E-state index contributed by atoms with van der Waals surface area (Å²) in [6.45, 7) is 0.452. The molecule has 4 rings (SSSR count). The van der Waals surface area contributed by atoms with Crippen LogP contribution < -0.4 is 10.2 Å². The highest BCUT2D eigenvalue weighted by molar-refractivity contribution is 6.02. The summed E-state index contributed by atoms with van der Waals surface area (Å²) in [4.78, 5) is 29.3. The second-order valence-electron chi connectivity index (χ2n) is 7.92. The zero-order chi connectivity index (χ0) is 24.1. The second-order valence-corrected chi connectivity index (χ2v) is 7.92. The van der Waals surface area contributed by atoms with Gasteiger partial charge in [0.25, 0.3) is 11.8 Å². The molecule has 0 unspecified atom stereocenters. The van der Waals surface area contributed by atoms with Gasteiger partial charge in [-0.2, -0.15) is 0 Å². The lowest BCUT2D eigenvalue weighted by molar-refractivity contribution is 0.0717. The molecule has 4 aromatic rings. The van der Waals surface area contributed by atoms with Crippen molar-refractivity contribution in [3.05, 3.63) is 108 Å². The molecule has 174 valence electrons. The van der Waals surface area contributed by atoms with Crippen molar-refractivity contribution < 1.29 is 22.8 Å². The molecule has 0 aliphatic rings. The number of halogens is 1. The van der Waals surface area contributed by atoms with Gasteiger partial charge in [-0.05, 0) is 72.3 Å². The summed E-state index contributed by atoms with van der Waals surface area (Å²) in [5.41, 5.74) is 2.62. The van der Waals surface area contributed by atoms with E-state index in [0.717, 1.165) is 11.3 Å². The summed E-state index contributed by atoms with van der Waals surface area (Å²) in [6.07, 6.45) is 2.98. The van der Waals surface area contributed by atoms with Crippen LogP contribution in [-0.4, -0.2) is 30.8 Å². The summed E-state index contributed by atoms with van der Waals surface area (Å²) in [7, 11) is 3.80. The summed E-state index contributed by atoms with van der Waals surface area (Å²) in [5.74, 6) is -0.244. The van der Waals surface area contributed by atoms with Gasteiger partial charge >= 0.3 is 0 Å². The minimum absolute atomic E-state index is 0.198. The highest BCUT2D eigenvalue weighted by Gasteiger charge is 2.21. The number of furan rings is 2. The van der Waals surface area contributed by atoms with Crippen LogP contribution in [-0.2, 0) is 13.1 Å². The van der Waals surface area contributed by atoms with E-state index in [1.807, 2.05) is 31.1 Å². The normalized spacial score (nSPS) is 10.7. The van der Waals surface area contributed by atoms with E-state index in [2.05, 4.69) is 5.32 Å². The van der Waals surface area contributed by atoms with Crippen LogP contribution in [0.1, 0.15) is 32.2 Å². The predicted molar refractivity (Wildman–Crippen MR) is 126 cm³/mol. The Bertz CT molecular complexity index is 1250. The van der Waals surface area contributed by atoms with Gasteiger partial charge in [0.2, 0.25) is 0 Å². The monoisotopic (exact) mass is 461 g/mol. The first-order chi connectivity index (χ1) is 16.4. The van der Waals surface area contributed by atoms with Crippen LogP contribution in [0.3, 0.4) is 0 Å². The molecule has 0 atom stereocenters. The number of nitrogens with zero attached hydrogens (tertiary/aromatic N) is 2. The molecule has 1 N–H and O–H groups in total. The number of carbonyl (C=O) groups excluding carboxylic acids is 2. The van der Waals surface area contributed by atoms with E-state index in [4.69, 9.17) is 8.83 Å². The Labute approximate surface area is 196 Å². The molecule has 2 amide bonds. The number of amides is 2. The molecular formula is C26H24FN3O4. The molecule has 0 aliphatic heterocycles. The molecule has 0 fully saturated rings. The van der Waals surface area contributed by atoms with Crippen molar-refractivity contribution in [3.8, 4) is 0 Å². The van der Waals surface area contributed by atoms with Crippen molar-refractivity contribution in [1.29, 1.82) is 0 Å². The summed E-state index contributed by atoms with van der Waals surface area (Å²) < 4.78 is 24.0.